The Morgan fingerprint density at radius 1 is 1.20 bits per heavy atom. The van der Waals surface area contributed by atoms with Crippen LogP contribution in [0.3, 0.4) is 0 Å². The third kappa shape index (κ3) is 3.59. The minimum absolute atomic E-state index is 0.0184. The largest absolute Gasteiger partial charge is 0.317 e. The molecule has 1 aromatic rings. The fraction of sp³-hybridized carbons (Fsp3) is 0.600. The second-order valence-corrected chi connectivity index (χ2v) is 7.78. The smallest absolute Gasteiger partial charge is 0.217 e. The van der Waals surface area contributed by atoms with E-state index in [2.05, 4.69) is 5.32 Å². The molecule has 0 spiro atoms. The van der Waals surface area contributed by atoms with E-state index in [9.17, 15) is 8.42 Å². The van der Waals surface area contributed by atoms with Gasteiger partial charge in [-0.05, 0) is 45.3 Å². The molecule has 4 nitrogen and oxygen atoms in total. The molecule has 1 aliphatic rings. The van der Waals surface area contributed by atoms with Gasteiger partial charge >= 0.3 is 0 Å². The summed E-state index contributed by atoms with van der Waals surface area (Å²) in [5, 5.41) is 2.98. The number of nitrogens with zero attached hydrogens (tertiary/aromatic N) is 1. The van der Waals surface area contributed by atoms with E-state index in [0.29, 0.717) is 19.4 Å². The van der Waals surface area contributed by atoms with Crippen LogP contribution in [-0.4, -0.2) is 37.1 Å². The van der Waals surface area contributed by atoms with E-state index in [-0.39, 0.29) is 11.3 Å². The molecule has 5 heteroatoms. The molecule has 0 atom stereocenters. The van der Waals surface area contributed by atoms with Crippen LogP contribution in [0.2, 0.25) is 0 Å². The summed E-state index contributed by atoms with van der Waals surface area (Å²) in [7, 11) is -3.23. The van der Waals surface area contributed by atoms with E-state index >= 15 is 0 Å². The molecule has 0 saturated carbocycles. The molecule has 1 aromatic carbocycles. The van der Waals surface area contributed by atoms with Crippen LogP contribution in [0.1, 0.15) is 32.3 Å². The first-order valence-corrected chi connectivity index (χ1v) is 8.77. The van der Waals surface area contributed by atoms with Crippen molar-refractivity contribution in [1.82, 2.24) is 9.62 Å². The molecule has 1 fully saturated rings. The van der Waals surface area contributed by atoms with Crippen molar-refractivity contribution in [1.29, 1.82) is 0 Å². The molecule has 1 N–H and O–H groups in total. The predicted octanol–water partition coefficient (Wildman–Crippen LogP) is 1.98. The van der Waals surface area contributed by atoms with E-state index < -0.39 is 10.0 Å². The van der Waals surface area contributed by atoms with E-state index in [1.165, 1.54) is 0 Å². The maximum absolute atomic E-state index is 12.8. The van der Waals surface area contributed by atoms with Gasteiger partial charge in [-0.15, -0.1) is 0 Å². The monoisotopic (exact) mass is 296 g/mol. The number of sulfonamides is 1. The molecular weight excluding hydrogens is 272 g/mol. The highest BCUT2D eigenvalue weighted by atomic mass is 32.2. The van der Waals surface area contributed by atoms with Crippen LogP contribution < -0.4 is 5.32 Å². The van der Waals surface area contributed by atoms with Crippen molar-refractivity contribution in [2.75, 3.05) is 13.1 Å². The van der Waals surface area contributed by atoms with Crippen LogP contribution in [0.25, 0.3) is 0 Å². The molecule has 1 heterocycles. The molecule has 0 bridgehead atoms. The summed E-state index contributed by atoms with van der Waals surface area (Å²) in [6.07, 6.45) is 1.42. The van der Waals surface area contributed by atoms with Crippen molar-refractivity contribution in [3.05, 3.63) is 35.9 Å². The Kier molecular flexibility index (Phi) is 5.18. The molecule has 0 amide bonds. The van der Waals surface area contributed by atoms with Crippen LogP contribution >= 0.6 is 0 Å². The SMILES string of the molecule is CC(C)N(Cc1ccccc1)S(=O)(=O)C1CCNCC1. The molecule has 0 radical (unpaired) electrons. The molecule has 1 aliphatic heterocycles. The lowest BCUT2D eigenvalue weighted by atomic mass is 10.2. The number of piperidine rings is 1. The lowest BCUT2D eigenvalue weighted by Gasteiger charge is -2.32. The third-order valence-electron chi connectivity index (χ3n) is 3.79. The number of hydrogen-bond donors (Lipinski definition) is 1. The van der Waals surface area contributed by atoms with E-state index in [0.717, 1.165) is 18.7 Å². The van der Waals surface area contributed by atoms with Gasteiger partial charge in [-0.3, -0.25) is 0 Å². The van der Waals surface area contributed by atoms with Crippen molar-refractivity contribution in [3.63, 3.8) is 0 Å². The lowest BCUT2D eigenvalue weighted by Crippen LogP contribution is -2.46. The predicted molar refractivity (Wildman–Crippen MR) is 81.9 cm³/mol. The lowest BCUT2D eigenvalue weighted by molar-refractivity contribution is 0.335. The standard InChI is InChI=1S/C15H24N2O2S/c1-13(2)17(12-14-6-4-3-5-7-14)20(18,19)15-8-10-16-11-9-15/h3-7,13,15-16H,8-12H2,1-2H3. The van der Waals surface area contributed by atoms with Gasteiger partial charge in [0.1, 0.15) is 0 Å². The van der Waals surface area contributed by atoms with Crippen molar-refractivity contribution in [3.8, 4) is 0 Å². The Balaban J connectivity index is 2.19. The first-order valence-electron chi connectivity index (χ1n) is 7.27. The maximum Gasteiger partial charge on any atom is 0.217 e. The van der Waals surface area contributed by atoms with Gasteiger partial charge in [-0.25, -0.2) is 8.42 Å². The quantitative estimate of drug-likeness (QED) is 0.904. The van der Waals surface area contributed by atoms with Gasteiger partial charge in [0.2, 0.25) is 10.0 Å². The van der Waals surface area contributed by atoms with Crippen LogP contribution in [0.15, 0.2) is 30.3 Å². The van der Waals surface area contributed by atoms with E-state index in [4.69, 9.17) is 0 Å². The van der Waals surface area contributed by atoms with Gasteiger partial charge < -0.3 is 5.32 Å². The Labute approximate surface area is 122 Å². The minimum atomic E-state index is -3.23. The summed E-state index contributed by atoms with van der Waals surface area (Å²) in [5.41, 5.74) is 1.04. The average Bonchev–Trinajstić information content (AvgIpc) is 2.46. The zero-order chi connectivity index (χ0) is 14.6. The van der Waals surface area contributed by atoms with Crippen molar-refractivity contribution in [2.24, 2.45) is 0 Å². The number of nitrogens with one attached hydrogen (secondary N) is 1. The highest BCUT2D eigenvalue weighted by Gasteiger charge is 2.34. The Morgan fingerprint density at radius 3 is 2.35 bits per heavy atom. The molecule has 112 valence electrons. The van der Waals surface area contributed by atoms with Crippen LogP contribution in [0.4, 0.5) is 0 Å². The summed E-state index contributed by atoms with van der Waals surface area (Å²) in [6, 6.07) is 9.79. The Bertz CT molecular complexity index is 508. The second-order valence-electron chi connectivity index (χ2n) is 5.62. The van der Waals surface area contributed by atoms with Crippen molar-refractivity contribution in [2.45, 2.75) is 44.5 Å². The summed E-state index contributed by atoms with van der Waals surface area (Å²) in [4.78, 5) is 0. The molecule has 0 unspecified atom stereocenters. The van der Waals surface area contributed by atoms with Gasteiger partial charge in [-0.2, -0.15) is 4.31 Å². The molecule has 2 rings (SSSR count). The fourth-order valence-corrected chi connectivity index (χ4v) is 4.75. The van der Waals surface area contributed by atoms with Crippen LogP contribution in [0, 0.1) is 0 Å². The van der Waals surface area contributed by atoms with Gasteiger partial charge in [0.25, 0.3) is 0 Å². The average molecular weight is 296 g/mol. The number of rotatable bonds is 5. The molecule has 0 aliphatic carbocycles. The molecule has 1 saturated heterocycles. The molecular formula is C15H24N2O2S. The van der Waals surface area contributed by atoms with Gasteiger partial charge in [0, 0.05) is 12.6 Å². The molecule has 20 heavy (non-hydrogen) atoms. The first kappa shape index (κ1) is 15.5. The second kappa shape index (κ2) is 6.70. The van der Waals surface area contributed by atoms with E-state index in [1.807, 2.05) is 44.2 Å². The summed E-state index contributed by atoms with van der Waals surface area (Å²) < 4.78 is 27.3. The molecule has 0 aromatic heterocycles. The Hall–Kier alpha value is -0.910. The zero-order valence-corrected chi connectivity index (χ0v) is 13.1. The van der Waals surface area contributed by atoms with Crippen molar-refractivity contribution >= 4 is 10.0 Å². The normalized spacial score (nSPS) is 17.8. The zero-order valence-electron chi connectivity index (χ0n) is 12.2. The summed E-state index contributed by atoms with van der Waals surface area (Å²) >= 11 is 0. The van der Waals surface area contributed by atoms with Crippen molar-refractivity contribution < 1.29 is 8.42 Å². The van der Waals surface area contributed by atoms with E-state index in [1.54, 1.807) is 4.31 Å². The number of hydrogen-bond acceptors (Lipinski definition) is 3. The highest BCUT2D eigenvalue weighted by molar-refractivity contribution is 7.89. The van der Waals surface area contributed by atoms with Crippen LogP contribution in [0.5, 0.6) is 0 Å². The fourth-order valence-electron chi connectivity index (χ4n) is 2.61. The minimum Gasteiger partial charge on any atom is -0.317 e. The number of benzene rings is 1. The first-order chi connectivity index (χ1) is 9.51. The van der Waals surface area contributed by atoms with Crippen LogP contribution in [-0.2, 0) is 16.6 Å². The van der Waals surface area contributed by atoms with Gasteiger partial charge in [-0.1, -0.05) is 30.3 Å². The third-order valence-corrected chi connectivity index (χ3v) is 6.31. The van der Waals surface area contributed by atoms with Gasteiger partial charge in [0.05, 0.1) is 5.25 Å². The summed E-state index contributed by atoms with van der Waals surface area (Å²) in [5.74, 6) is 0. The highest BCUT2D eigenvalue weighted by Crippen LogP contribution is 2.22. The topological polar surface area (TPSA) is 49.4 Å². The summed E-state index contributed by atoms with van der Waals surface area (Å²) in [6.45, 7) is 5.94. The maximum atomic E-state index is 12.8. The van der Waals surface area contributed by atoms with Gasteiger partial charge in [0.15, 0.2) is 0 Å². The Morgan fingerprint density at radius 2 is 1.80 bits per heavy atom.